The second-order valence-electron chi connectivity index (χ2n) is 16.8. The number of aromatic nitrogens is 3. The van der Waals surface area contributed by atoms with E-state index in [4.69, 9.17) is 15.0 Å². The maximum absolute atomic E-state index is 5.35. The van der Waals surface area contributed by atoms with Crippen LogP contribution in [-0.2, 0) is 10.8 Å². The van der Waals surface area contributed by atoms with E-state index < -0.39 is 5.41 Å². The summed E-state index contributed by atoms with van der Waals surface area (Å²) < 4.78 is 0. The first-order chi connectivity index (χ1) is 29.5. The Bertz CT molecular complexity index is 3310. The Hall–Kier alpha value is -7.49. The van der Waals surface area contributed by atoms with Crippen molar-refractivity contribution in [3.8, 4) is 56.4 Å². The summed E-state index contributed by atoms with van der Waals surface area (Å²) in [6, 6.07) is 72.6. The lowest BCUT2D eigenvalue weighted by Gasteiger charge is -2.33. The Morgan fingerprint density at radius 2 is 0.817 bits per heavy atom. The molecular weight excluding hydrogens is 727 g/mol. The molecule has 0 bridgehead atoms. The zero-order valence-corrected chi connectivity index (χ0v) is 33.4. The van der Waals surface area contributed by atoms with Gasteiger partial charge in [0, 0.05) is 22.1 Å². The van der Waals surface area contributed by atoms with Crippen molar-refractivity contribution < 1.29 is 0 Å². The third-order valence-electron chi connectivity index (χ3n) is 13.2. The molecule has 1 aromatic heterocycles. The molecule has 2 aliphatic rings. The largest absolute Gasteiger partial charge is 0.208 e. The first-order valence-electron chi connectivity index (χ1n) is 20.8. The molecule has 0 aliphatic heterocycles. The second kappa shape index (κ2) is 13.0. The maximum atomic E-state index is 5.35. The fourth-order valence-corrected chi connectivity index (χ4v) is 10.3. The van der Waals surface area contributed by atoms with Crippen molar-refractivity contribution in [1.29, 1.82) is 0 Å². The fraction of sp³-hybridized carbons (Fsp3) is 0.0702. The number of fused-ring (bicyclic) bond motifs is 9. The standard InChI is InChI=1S/C57H39N3/c1-56(2)48-30-28-41(35-47(48)52-44-22-12-11-16-37(44)27-32-51(52)56)55-59-53(39-26-25-36-15-9-10-17-38(36)33-39)58-54(60-55)40-29-31-50-46(34-40)45-23-13-14-24-49(45)57(50,42-18-5-3-6-19-42)43-20-7-4-8-21-43/h3-35H,1-2H3. The van der Waals surface area contributed by atoms with Crippen LogP contribution < -0.4 is 0 Å². The summed E-state index contributed by atoms with van der Waals surface area (Å²) in [5.41, 5.74) is 14.9. The lowest BCUT2D eigenvalue weighted by Crippen LogP contribution is -2.28. The van der Waals surface area contributed by atoms with Gasteiger partial charge >= 0.3 is 0 Å². The molecule has 0 radical (unpaired) electrons. The van der Waals surface area contributed by atoms with Crippen LogP contribution in [0.5, 0.6) is 0 Å². The molecule has 2 aliphatic carbocycles. The lowest BCUT2D eigenvalue weighted by molar-refractivity contribution is 0.661. The molecule has 0 spiro atoms. The van der Waals surface area contributed by atoms with E-state index in [-0.39, 0.29) is 5.41 Å². The lowest BCUT2D eigenvalue weighted by atomic mass is 9.67. The molecule has 60 heavy (non-hydrogen) atoms. The van der Waals surface area contributed by atoms with Crippen molar-refractivity contribution in [2.45, 2.75) is 24.7 Å². The summed E-state index contributed by atoms with van der Waals surface area (Å²) in [7, 11) is 0. The third-order valence-corrected chi connectivity index (χ3v) is 13.2. The highest BCUT2D eigenvalue weighted by atomic mass is 15.0. The monoisotopic (exact) mass is 765 g/mol. The molecule has 12 rings (SSSR count). The smallest absolute Gasteiger partial charge is 0.164 e. The van der Waals surface area contributed by atoms with Gasteiger partial charge in [0.05, 0.1) is 5.41 Å². The van der Waals surface area contributed by atoms with Crippen LogP contribution in [0.3, 0.4) is 0 Å². The van der Waals surface area contributed by atoms with Crippen molar-refractivity contribution in [2.75, 3.05) is 0 Å². The van der Waals surface area contributed by atoms with E-state index in [9.17, 15) is 0 Å². The molecule has 0 saturated carbocycles. The predicted octanol–water partition coefficient (Wildman–Crippen LogP) is 13.8. The van der Waals surface area contributed by atoms with E-state index in [0.717, 1.165) is 22.1 Å². The van der Waals surface area contributed by atoms with Gasteiger partial charge in [-0.25, -0.2) is 15.0 Å². The molecule has 3 nitrogen and oxygen atoms in total. The minimum absolute atomic E-state index is 0.136. The highest BCUT2D eigenvalue weighted by molar-refractivity contribution is 6.03. The number of hydrogen-bond donors (Lipinski definition) is 0. The van der Waals surface area contributed by atoms with Gasteiger partial charge in [-0.1, -0.05) is 196 Å². The number of benzene rings is 9. The molecule has 0 saturated heterocycles. The SMILES string of the molecule is CC1(C)c2ccc(-c3nc(-c4ccc5c(c4)-c4ccccc4C5(c4ccccc4)c4ccccc4)nc(-c4ccc5ccccc5c4)n3)cc2-c2c1ccc1ccccc21. The average molecular weight is 766 g/mol. The van der Waals surface area contributed by atoms with Gasteiger partial charge in [0.2, 0.25) is 0 Å². The maximum Gasteiger partial charge on any atom is 0.164 e. The molecule has 10 aromatic rings. The molecule has 9 aromatic carbocycles. The van der Waals surface area contributed by atoms with Crippen molar-refractivity contribution in [1.82, 2.24) is 15.0 Å². The molecule has 0 N–H and O–H groups in total. The minimum atomic E-state index is -0.480. The van der Waals surface area contributed by atoms with E-state index in [1.54, 1.807) is 0 Å². The van der Waals surface area contributed by atoms with E-state index in [1.807, 2.05) is 0 Å². The molecule has 1 heterocycles. The fourth-order valence-electron chi connectivity index (χ4n) is 10.3. The zero-order chi connectivity index (χ0) is 40.0. The number of hydrogen-bond acceptors (Lipinski definition) is 3. The summed E-state index contributed by atoms with van der Waals surface area (Å²) in [5, 5.41) is 4.84. The van der Waals surface area contributed by atoms with Gasteiger partial charge in [0.25, 0.3) is 0 Å². The van der Waals surface area contributed by atoms with Gasteiger partial charge < -0.3 is 0 Å². The van der Waals surface area contributed by atoms with Crippen LogP contribution >= 0.6 is 0 Å². The summed E-state index contributed by atoms with van der Waals surface area (Å²) in [6.07, 6.45) is 0. The molecular formula is C57H39N3. The van der Waals surface area contributed by atoms with Crippen LogP contribution in [0.1, 0.15) is 47.2 Å². The topological polar surface area (TPSA) is 38.7 Å². The molecule has 282 valence electrons. The first-order valence-corrected chi connectivity index (χ1v) is 20.8. The minimum Gasteiger partial charge on any atom is -0.208 e. The van der Waals surface area contributed by atoms with Crippen LogP contribution in [0.4, 0.5) is 0 Å². The van der Waals surface area contributed by atoms with Gasteiger partial charge in [-0.2, -0.15) is 0 Å². The first kappa shape index (κ1) is 34.5. The molecule has 3 heteroatoms. The van der Waals surface area contributed by atoms with E-state index in [0.29, 0.717) is 17.5 Å². The number of nitrogens with zero attached hydrogens (tertiary/aromatic N) is 3. The highest BCUT2D eigenvalue weighted by Gasteiger charge is 2.46. The van der Waals surface area contributed by atoms with E-state index >= 15 is 0 Å². The highest BCUT2D eigenvalue weighted by Crippen LogP contribution is 2.57. The zero-order valence-electron chi connectivity index (χ0n) is 33.4. The van der Waals surface area contributed by atoms with Crippen LogP contribution in [0.2, 0.25) is 0 Å². The second-order valence-corrected chi connectivity index (χ2v) is 16.8. The normalized spacial score (nSPS) is 14.1. The van der Waals surface area contributed by atoms with Crippen molar-refractivity contribution in [2.24, 2.45) is 0 Å². The Balaban J connectivity index is 1.08. The quantitative estimate of drug-likeness (QED) is 0.175. The van der Waals surface area contributed by atoms with Crippen LogP contribution in [-0.4, -0.2) is 15.0 Å². The third kappa shape index (κ3) is 4.99. The summed E-state index contributed by atoms with van der Waals surface area (Å²) >= 11 is 0. The van der Waals surface area contributed by atoms with Crippen molar-refractivity contribution in [3.63, 3.8) is 0 Å². The van der Waals surface area contributed by atoms with Gasteiger partial charge in [0.15, 0.2) is 17.5 Å². The van der Waals surface area contributed by atoms with Gasteiger partial charge in [-0.05, 0) is 95.4 Å². The Morgan fingerprint density at radius 3 is 1.52 bits per heavy atom. The van der Waals surface area contributed by atoms with Gasteiger partial charge in [0.1, 0.15) is 0 Å². The molecule has 0 atom stereocenters. The summed E-state index contributed by atoms with van der Waals surface area (Å²) in [4.78, 5) is 15.9. The Labute approximate surface area is 349 Å². The summed E-state index contributed by atoms with van der Waals surface area (Å²) in [6.45, 7) is 4.67. The van der Waals surface area contributed by atoms with Crippen LogP contribution in [0.15, 0.2) is 200 Å². The molecule has 0 unspecified atom stereocenters. The number of rotatable bonds is 5. The Morgan fingerprint density at radius 1 is 0.333 bits per heavy atom. The van der Waals surface area contributed by atoms with Gasteiger partial charge in [-0.15, -0.1) is 0 Å². The summed E-state index contributed by atoms with van der Waals surface area (Å²) in [5.74, 6) is 1.95. The van der Waals surface area contributed by atoms with Crippen LogP contribution in [0, 0.1) is 0 Å². The van der Waals surface area contributed by atoms with E-state index in [2.05, 4.69) is 214 Å². The van der Waals surface area contributed by atoms with Gasteiger partial charge in [-0.3, -0.25) is 0 Å². The predicted molar refractivity (Wildman–Crippen MR) is 246 cm³/mol. The van der Waals surface area contributed by atoms with Crippen molar-refractivity contribution in [3.05, 3.63) is 234 Å². The average Bonchev–Trinajstić information content (AvgIpc) is 3.74. The molecule has 0 fully saturated rings. The van der Waals surface area contributed by atoms with E-state index in [1.165, 1.54) is 71.8 Å². The van der Waals surface area contributed by atoms with Crippen LogP contribution in [0.25, 0.3) is 78.0 Å². The molecule has 0 amide bonds. The van der Waals surface area contributed by atoms with Crippen molar-refractivity contribution >= 4 is 21.5 Å². The Kier molecular flexibility index (Phi) is 7.49.